The Morgan fingerprint density at radius 1 is 0.359 bits per heavy atom. The third-order valence-electron chi connectivity index (χ3n) is 8.25. The molecule has 0 radical (unpaired) electrons. The van der Waals surface area contributed by atoms with Crippen LogP contribution in [0.3, 0.4) is 0 Å². The fourth-order valence-corrected chi connectivity index (χ4v) is 5.45. The highest BCUT2D eigenvalue weighted by Crippen LogP contribution is 2.14. The fraction of sp³-hybridized carbons (Fsp3) is 1.00. The molecule has 0 saturated heterocycles. The highest BCUT2D eigenvalue weighted by molar-refractivity contribution is 4.56. The van der Waals surface area contributed by atoms with Crippen molar-refractivity contribution in [2.75, 3.05) is 33.0 Å². The van der Waals surface area contributed by atoms with Crippen molar-refractivity contribution in [3.8, 4) is 0 Å². The first kappa shape index (κ1) is 38.9. The van der Waals surface area contributed by atoms with E-state index in [2.05, 4.69) is 13.8 Å². The number of aliphatic hydroxyl groups is 1. The van der Waals surface area contributed by atoms with E-state index in [4.69, 9.17) is 9.47 Å². The molecule has 236 valence electrons. The Morgan fingerprint density at radius 2 is 0.590 bits per heavy atom. The van der Waals surface area contributed by atoms with Gasteiger partial charge in [0.05, 0.1) is 19.8 Å². The summed E-state index contributed by atoms with van der Waals surface area (Å²) in [5, 5.41) is 9.62. The van der Waals surface area contributed by atoms with Crippen molar-refractivity contribution in [3.05, 3.63) is 0 Å². The van der Waals surface area contributed by atoms with Crippen LogP contribution >= 0.6 is 0 Å². The summed E-state index contributed by atoms with van der Waals surface area (Å²) in [6.07, 6.45) is 38.8. The van der Waals surface area contributed by atoms with Crippen LogP contribution in [0, 0.1) is 5.92 Å². The molecule has 0 aromatic heterocycles. The van der Waals surface area contributed by atoms with Crippen LogP contribution in [0.4, 0.5) is 0 Å². The van der Waals surface area contributed by atoms with Crippen LogP contribution in [0.15, 0.2) is 0 Å². The number of aliphatic hydroxyl groups excluding tert-OH is 1. The van der Waals surface area contributed by atoms with Crippen LogP contribution in [0.2, 0.25) is 0 Å². The lowest BCUT2D eigenvalue weighted by Gasteiger charge is -2.15. The first-order valence-corrected chi connectivity index (χ1v) is 18.1. The molecule has 0 atom stereocenters. The summed E-state index contributed by atoms with van der Waals surface area (Å²) in [6.45, 7) is 7.66. The summed E-state index contributed by atoms with van der Waals surface area (Å²) in [5.41, 5.74) is 0. The van der Waals surface area contributed by atoms with Crippen LogP contribution < -0.4 is 0 Å². The van der Waals surface area contributed by atoms with Crippen molar-refractivity contribution in [1.82, 2.24) is 0 Å². The molecule has 0 heterocycles. The highest BCUT2D eigenvalue weighted by atomic mass is 16.5. The second-order valence-electron chi connectivity index (χ2n) is 12.4. The quantitative estimate of drug-likeness (QED) is 0.0792. The average molecular weight is 555 g/mol. The number of hydrogen-bond acceptors (Lipinski definition) is 3. The molecule has 0 saturated carbocycles. The number of unbranched alkanes of at least 4 members (excludes halogenated alkanes) is 26. The molecule has 0 rings (SSSR count). The smallest absolute Gasteiger partial charge is 0.0538 e. The summed E-state index contributed by atoms with van der Waals surface area (Å²) >= 11 is 0. The highest BCUT2D eigenvalue weighted by Gasteiger charge is 2.08. The molecular formula is C36H74O3. The van der Waals surface area contributed by atoms with Crippen LogP contribution in [0.1, 0.15) is 194 Å². The van der Waals surface area contributed by atoms with Crippen molar-refractivity contribution in [3.63, 3.8) is 0 Å². The van der Waals surface area contributed by atoms with E-state index in [0.29, 0.717) is 13.2 Å². The van der Waals surface area contributed by atoms with E-state index in [1.165, 1.54) is 167 Å². The largest absolute Gasteiger partial charge is 0.396 e. The molecule has 0 aliphatic heterocycles. The van der Waals surface area contributed by atoms with Gasteiger partial charge in [0.25, 0.3) is 0 Å². The van der Waals surface area contributed by atoms with Crippen LogP contribution in [-0.4, -0.2) is 38.1 Å². The SMILES string of the molecule is CCCCCCCCCCCCCCCCOCC(CO)COCCCCCCCCCCCCCCCC. The molecule has 0 spiro atoms. The maximum absolute atomic E-state index is 9.62. The van der Waals surface area contributed by atoms with E-state index in [1.54, 1.807) is 0 Å². The molecule has 0 aliphatic carbocycles. The normalized spacial score (nSPS) is 11.7. The van der Waals surface area contributed by atoms with Crippen LogP contribution in [0.5, 0.6) is 0 Å². The van der Waals surface area contributed by atoms with Gasteiger partial charge in [-0.2, -0.15) is 0 Å². The number of rotatable bonds is 35. The van der Waals surface area contributed by atoms with Crippen molar-refractivity contribution in [2.45, 2.75) is 194 Å². The molecule has 0 amide bonds. The van der Waals surface area contributed by atoms with Gasteiger partial charge in [-0.15, -0.1) is 0 Å². The minimum absolute atomic E-state index is 0.128. The van der Waals surface area contributed by atoms with Gasteiger partial charge in [0.1, 0.15) is 0 Å². The lowest BCUT2D eigenvalue weighted by molar-refractivity contribution is 0.0142. The zero-order valence-electron chi connectivity index (χ0n) is 27.2. The lowest BCUT2D eigenvalue weighted by Crippen LogP contribution is -2.20. The van der Waals surface area contributed by atoms with Gasteiger partial charge in [-0.25, -0.2) is 0 Å². The Balaban J connectivity index is 3.25. The Kier molecular flexibility index (Phi) is 35.8. The fourth-order valence-electron chi connectivity index (χ4n) is 5.45. The van der Waals surface area contributed by atoms with Crippen molar-refractivity contribution < 1.29 is 14.6 Å². The van der Waals surface area contributed by atoms with Gasteiger partial charge in [-0.05, 0) is 12.8 Å². The predicted molar refractivity (Wildman–Crippen MR) is 173 cm³/mol. The second kappa shape index (κ2) is 35.9. The van der Waals surface area contributed by atoms with E-state index in [9.17, 15) is 5.11 Å². The van der Waals surface area contributed by atoms with E-state index >= 15 is 0 Å². The summed E-state index contributed by atoms with van der Waals surface area (Å²) < 4.78 is 11.7. The van der Waals surface area contributed by atoms with E-state index < -0.39 is 0 Å². The zero-order chi connectivity index (χ0) is 28.3. The Bertz CT molecular complexity index is 378. The molecule has 0 aromatic rings. The number of hydrogen-bond donors (Lipinski definition) is 1. The third-order valence-corrected chi connectivity index (χ3v) is 8.25. The monoisotopic (exact) mass is 555 g/mol. The van der Waals surface area contributed by atoms with Gasteiger partial charge in [0.15, 0.2) is 0 Å². The van der Waals surface area contributed by atoms with Crippen molar-refractivity contribution in [1.29, 1.82) is 0 Å². The van der Waals surface area contributed by atoms with Gasteiger partial charge < -0.3 is 14.6 Å². The maximum Gasteiger partial charge on any atom is 0.0538 e. The molecule has 39 heavy (non-hydrogen) atoms. The molecule has 3 nitrogen and oxygen atoms in total. The van der Waals surface area contributed by atoms with E-state index in [1.807, 2.05) is 0 Å². The van der Waals surface area contributed by atoms with Gasteiger partial charge in [0, 0.05) is 19.1 Å². The van der Waals surface area contributed by atoms with Gasteiger partial charge in [-0.3, -0.25) is 0 Å². The molecule has 0 bridgehead atoms. The molecule has 0 fully saturated rings. The van der Waals surface area contributed by atoms with Crippen LogP contribution in [0.25, 0.3) is 0 Å². The molecular weight excluding hydrogens is 480 g/mol. The molecule has 3 heteroatoms. The second-order valence-corrected chi connectivity index (χ2v) is 12.4. The number of ether oxygens (including phenoxy) is 2. The first-order valence-electron chi connectivity index (χ1n) is 18.1. The van der Waals surface area contributed by atoms with Gasteiger partial charge >= 0.3 is 0 Å². The summed E-state index contributed by atoms with van der Waals surface area (Å²) in [4.78, 5) is 0. The Hall–Kier alpha value is -0.120. The van der Waals surface area contributed by atoms with Gasteiger partial charge in [-0.1, -0.05) is 181 Å². The predicted octanol–water partition coefficient (Wildman–Crippen LogP) is 11.6. The molecule has 0 unspecified atom stereocenters. The van der Waals surface area contributed by atoms with Crippen molar-refractivity contribution in [2.24, 2.45) is 5.92 Å². The standard InChI is InChI=1S/C36H74O3/c1-3-5-7-9-11-13-15-17-19-21-23-25-27-29-31-38-34-36(33-37)35-39-32-30-28-26-24-22-20-18-16-14-12-10-8-6-4-2/h36-37H,3-35H2,1-2H3. The Morgan fingerprint density at radius 3 is 0.821 bits per heavy atom. The summed E-state index contributed by atoms with van der Waals surface area (Å²) in [5.74, 6) is 0.128. The minimum atomic E-state index is 0.128. The molecule has 0 aromatic carbocycles. The summed E-state index contributed by atoms with van der Waals surface area (Å²) in [6, 6.07) is 0. The van der Waals surface area contributed by atoms with E-state index in [0.717, 1.165) is 26.1 Å². The topological polar surface area (TPSA) is 38.7 Å². The van der Waals surface area contributed by atoms with E-state index in [-0.39, 0.29) is 12.5 Å². The Labute approximate surface area is 247 Å². The molecule has 1 N–H and O–H groups in total. The van der Waals surface area contributed by atoms with Crippen LogP contribution in [-0.2, 0) is 9.47 Å². The summed E-state index contributed by atoms with van der Waals surface area (Å²) in [7, 11) is 0. The maximum atomic E-state index is 9.62. The lowest BCUT2D eigenvalue weighted by atomic mass is 10.0. The zero-order valence-corrected chi connectivity index (χ0v) is 27.2. The van der Waals surface area contributed by atoms with Gasteiger partial charge in [0.2, 0.25) is 0 Å². The minimum Gasteiger partial charge on any atom is -0.396 e. The molecule has 0 aliphatic rings. The third kappa shape index (κ3) is 34.0. The average Bonchev–Trinajstić information content (AvgIpc) is 2.95. The first-order chi connectivity index (χ1) is 19.3. The van der Waals surface area contributed by atoms with Crippen molar-refractivity contribution >= 4 is 0 Å².